The van der Waals surface area contributed by atoms with Crippen molar-refractivity contribution in [2.45, 2.75) is 51.6 Å². The molecule has 0 aliphatic heterocycles. The minimum atomic E-state index is -0.164. The van der Waals surface area contributed by atoms with Gasteiger partial charge in [-0.15, -0.1) is 21.8 Å². The highest BCUT2D eigenvalue weighted by atomic mass is 127. The molecule has 10 heavy (non-hydrogen) atoms. The van der Waals surface area contributed by atoms with E-state index in [0.29, 0.717) is 5.04 Å². The van der Waals surface area contributed by atoms with Gasteiger partial charge in [-0.2, -0.15) is 0 Å². The first-order valence-electron chi connectivity index (χ1n) is 3.92. The Morgan fingerprint density at radius 2 is 1.80 bits per heavy atom. The zero-order chi connectivity index (χ0) is 8.36. The van der Waals surface area contributed by atoms with Crippen LogP contribution in [0.5, 0.6) is 0 Å². The molecular formula is C8H18ISi. The van der Waals surface area contributed by atoms with Gasteiger partial charge in [-0.3, -0.25) is 0 Å². The fourth-order valence-electron chi connectivity index (χ4n) is 0.918. The van der Waals surface area contributed by atoms with E-state index in [2.05, 4.69) is 56.4 Å². The summed E-state index contributed by atoms with van der Waals surface area (Å²) < 4.78 is 0. The van der Waals surface area contributed by atoms with Crippen LogP contribution in [0.25, 0.3) is 0 Å². The second-order valence-corrected chi connectivity index (χ2v) is 10.6. The molecule has 0 nitrogen and oxygen atoms in total. The SMILES string of the molecule is CCC(C)[Si](I)C(C)(C)C. The molecule has 0 spiro atoms. The Balaban J connectivity index is 3.94. The predicted molar refractivity (Wildman–Crippen MR) is 59.2 cm³/mol. The third-order valence-corrected chi connectivity index (χ3v) is 12.5. The number of halogens is 1. The van der Waals surface area contributed by atoms with Crippen molar-refractivity contribution in [3.8, 4) is 0 Å². The number of hydrogen-bond acceptors (Lipinski definition) is 0. The van der Waals surface area contributed by atoms with Gasteiger partial charge in [0.05, 0.1) is 0 Å². The molecular weight excluding hydrogens is 251 g/mol. The van der Waals surface area contributed by atoms with Gasteiger partial charge in [-0.05, 0) is 10.6 Å². The maximum Gasteiger partial charge on any atom is 0.138 e. The molecule has 0 saturated carbocycles. The highest BCUT2D eigenvalue weighted by Gasteiger charge is 2.28. The quantitative estimate of drug-likeness (QED) is 0.403. The maximum atomic E-state index is 2.68. The van der Waals surface area contributed by atoms with Gasteiger partial charge < -0.3 is 0 Å². The normalized spacial score (nSPS) is 15.9. The van der Waals surface area contributed by atoms with Crippen LogP contribution in [0.2, 0.25) is 10.6 Å². The fourth-order valence-corrected chi connectivity index (χ4v) is 4.08. The molecule has 0 amide bonds. The first-order valence-corrected chi connectivity index (χ1v) is 8.61. The van der Waals surface area contributed by atoms with Crippen LogP contribution in [0, 0.1) is 0 Å². The third kappa shape index (κ3) is 3.37. The van der Waals surface area contributed by atoms with Gasteiger partial charge in [0.15, 0.2) is 0 Å². The Hall–Kier alpha value is 0.947. The number of rotatable bonds is 2. The van der Waals surface area contributed by atoms with Gasteiger partial charge in [0.1, 0.15) is 6.29 Å². The summed E-state index contributed by atoms with van der Waals surface area (Å²) in [4.78, 5) is 0. The van der Waals surface area contributed by atoms with E-state index in [-0.39, 0.29) is 6.29 Å². The summed E-state index contributed by atoms with van der Waals surface area (Å²) in [7, 11) is 0. The largest absolute Gasteiger partial charge is 0.138 e. The lowest BCUT2D eigenvalue weighted by atomic mass is 10.2. The van der Waals surface area contributed by atoms with E-state index in [0.717, 1.165) is 5.54 Å². The van der Waals surface area contributed by atoms with E-state index in [1.165, 1.54) is 6.42 Å². The first-order chi connectivity index (χ1) is 4.39. The molecule has 0 aromatic carbocycles. The van der Waals surface area contributed by atoms with E-state index in [1.807, 2.05) is 0 Å². The fraction of sp³-hybridized carbons (Fsp3) is 1.00. The topological polar surface area (TPSA) is 0 Å². The summed E-state index contributed by atoms with van der Waals surface area (Å²) in [5.74, 6) is 0. The second kappa shape index (κ2) is 4.09. The monoisotopic (exact) mass is 269 g/mol. The summed E-state index contributed by atoms with van der Waals surface area (Å²) >= 11 is 2.68. The molecule has 1 unspecified atom stereocenters. The van der Waals surface area contributed by atoms with E-state index in [9.17, 15) is 0 Å². The lowest BCUT2D eigenvalue weighted by Crippen LogP contribution is -2.22. The molecule has 2 heteroatoms. The molecule has 0 bridgehead atoms. The van der Waals surface area contributed by atoms with Crippen LogP contribution in [0.1, 0.15) is 41.0 Å². The first kappa shape index (κ1) is 10.9. The zero-order valence-corrected chi connectivity index (χ0v) is 10.8. The molecule has 0 fully saturated rings. The summed E-state index contributed by atoms with van der Waals surface area (Å²) in [6.07, 6.45) is 1.18. The summed E-state index contributed by atoms with van der Waals surface area (Å²) in [5, 5.41) is 0.570. The lowest BCUT2D eigenvalue weighted by Gasteiger charge is -2.27. The molecule has 61 valence electrons. The van der Waals surface area contributed by atoms with Gasteiger partial charge in [-0.1, -0.05) is 41.0 Å². The van der Waals surface area contributed by atoms with Crippen molar-refractivity contribution < 1.29 is 0 Å². The minimum absolute atomic E-state index is 0.164. The van der Waals surface area contributed by atoms with Crippen molar-refractivity contribution in [3.63, 3.8) is 0 Å². The van der Waals surface area contributed by atoms with Crippen molar-refractivity contribution in [1.29, 1.82) is 0 Å². The molecule has 0 aromatic heterocycles. The Bertz CT molecular complexity index is 95.9. The standard InChI is InChI=1S/C8H18ISi/c1-6-7(2)10(9)8(3,4)5/h7H,6H2,1-5H3. The summed E-state index contributed by atoms with van der Waals surface area (Å²) in [5.41, 5.74) is 0.950. The molecule has 0 N–H and O–H groups in total. The van der Waals surface area contributed by atoms with Crippen LogP contribution >= 0.6 is 21.8 Å². The molecule has 1 radical (unpaired) electrons. The van der Waals surface area contributed by atoms with E-state index < -0.39 is 0 Å². The average Bonchev–Trinajstić information content (AvgIpc) is 1.83. The van der Waals surface area contributed by atoms with Crippen LogP contribution in [0.15, 0.2) is 0 Å². The molecule has 0 rings (SSSR count). The van der Waals surface area contributed by atoms with Crippen LogP contribution in [-0.4, -0.2) is 6.29 Å². The molecule has 0 heterocycles. The highest BCUT2D eigenvalue weighted by Crippen LogP contribution is 2.38. The van der Waals surface area contributed by atoms with E-state index >= 15 is 0 Å². The van der Waals surface area contributed by atoms with Crippen LogP contribution < -0.4 is 0 Å². The summed E-state index contributed by atoms with van der Waals surface area (Å²) in [6.45, 7) is 11.8. The van der Waals surface area contributed by atoms with Crippen LogP contribution in [0.3, 0.4) is 0 Å². The van der Waals surface area contributed by atoms with Gasteiger partial charge in [-0.25, -0.2) is 0 Å². The van der Waals surface area contributed by atoms with Crippen molar-refractivity contribution in [3.05, 3.63) is 0 Å². The maximum absolute atomic E-state index is 2.68. The third-order valence-electron chi connectivity index (χ3n) is 1.76. The molecule has 0 saturated heterocycles. The Labute approximate surface area is 79.6 Å². The van der Waals surface area contributed by atoms with E-state index in [4.69, 9.17) is 0 Å². The van der Waals surface area contributed by atoms with Gasteiger partial charge in [0, 0.05) is 0 Å². The molecule has 0 aromatic rings. The van der Waals surface area contributed by atoms with Crippen molar-refractivity contribution in [2.75, 3.05) is 0 Å². The van der Waals surface area contributed by atoms with Crippen molar-refractivity contribution in [1.82, 2.24) is 0 Å². The molecule has 0 aliphatic carbocycles. The summed E-state index contributed by atoms with van der Waals surface area (Å²) in [6, 6.07) is 0. The molecule has 0 aliphatic rings. The Morgan fingerprint density at radius 3 is 1.90 bits per heavy atom. The zero-order valence-electron chi connectivity index (χ0n) is 7.66. The lowest BCUT2D eigenvalue weighted by molar-refractivity contribution is 0.716. The predicted octanol–water partition coefficient (Wildman–Crippen LogP) is 4.01. The number of hydrogen-bond donors (Lipinski definition) is 0. The Kier molecular flexibility index (Phi) is 4.48. The average molecular weight is 269 g/mol. The van der Waals surface area contributed by atoms with Crippen molar-refractivity contribution >= 4 is 28.1 Å². The van der Waals surface area contributed by atoms with Crippen LogP contribution in [-0.2, 0) is 0 Å². The van der Waals surface area contributed by atoms with Gasteiger partial charge in [0.25, 0.3) is 0 Å². The van der Waals surface area contributed by atoms with Crippen molar-refractivity contribution in [2.24, 2.45) is 0 Å². The van der Waals surface area contributed by atoms with E-state index in [1.54, 1.807) is 0 Å². The highest BCUT2D eigenvalue weighted by molar-refractivity contribution is 14.1. The Morgan fingerprint density at radius 1 is 1.40 bits per heavy atom. The minimum Gasteiger partial charge on any atom is -0.120 e. The van der Waals surface area contributed by atoms with Gasteiger partial charge >= 0.3 is 0 Å². The smallest absolute Gasteiger partial charge is 0.120 e. The van der Waals surface area contributed by atoms with Gasteiger partial charge in [0.2, 0.25) is 0 Å². The van der Waals surface area contributed by atoms with Crippen LogP contribution in [0.4, 0.5) is 0 Å². The molecule has 1 atom stereocenters. The second-order valence-electron chi connectivity index (χ2n) is 3.91.